The maximum absolute atomic E-state index is 12.3. The molecular weight excluding hydrogens is 346 g/mol. The van der Waals surface area contributed by atoms with Crippen LogP contribution in [0.25, 0.3) is 0 Å². The fourth-order valence-electron chi connectivity index (χ4n) is 2.76. The highest BCUT2D eigenvalue weighted by Crippen LogP contribution is 2.23. The van der Waals surface area contributed by atoms with Crippen LogP contribution in [0.15, 0.2) is 28.5 Å². The number of hydrogen-bond acceptors (Lipinski definition) is 5. The van der Waals surface area contributed by atoms with Gasteiger partial charge in [0.05, 0.1) is 22.0 Å². The number of amides is 1. The maximum Gasteiger partial charge on any atom is 0.257 e. The van der Waals surface area contributed by atoms with E-state index in [-0.39, 0.29) is 11.3 Å². The van der Waals surface area contributed by atoms with Crippen molar-refractivity contribution in [2.45, 2.75) is 43.9 Å². The molecule has 0 atom stereocenters. The molecule has 1 aliphatic carbocycles. The quantitative estimate of drug-likeness (QED) is 0.792. The van der Waals surface area contributed by atoms with Crippen molar-refractivity contribution in [3.8, 4) is 0 Å². The van der Waals surface area contributed by atoms with E-state index < -0.39 is 15.9 Å². The molecule has 8 heteroatoms. The first-order chi connectivity index (χ1) is 11.4. The van der Waals surface area contributed by atoms with E-state index in [4.69, 9.17) is 0 Å². The molecule has 1 aromatic carbocycles. The van der Waals surface area contributed by atoms with Gasteiger partial charge in [-0.15, -0.1) is 16.2 Å². The Balaban J connectivity index is 1.64. The number of thiazole rings is 1. The predicted molar refractivity (Wildman–Crippen MR) is 92.1 cm³/mol. The Bertz CT molecular complexity index is 859. The molecule has 0 saturated carbocycles. The van der Waals surface area contributed by atoms with Crippen molar-refractivity contribution in [1.82, 2.24) is 15.2 Å². The molecule has 1 heterocycles. The van der Waals surface area contributed by atoms with Crippen molar-refractivity contribution < 1.29 is 13.2 Å². The zero-order valence-corrected chi connectivity index (χ0v) is 15.0. The van der Waals surface area contributed by atoms with Gasteiger partial charge in [-0.25, -0.2) is 13.4 Å². The lowest BCUT2D eigenvalue weighted by atomic mass is 9.92. The second-order valence-electron chi connectivity index (χ2n) is 5.83. The van der Waals surface area contributed by atoms with Crippen molar-refractivity contribution in [2.75, 3.05) is 0 Å². The van der Waals surface area contributed by atoms with Gasteiger partial charge < -0.3 is 0 Å². The topological polar surface area (TPSA) is 88.2 Å². The number of hydrogen-bond donors (Lipinski definition) is 2. The summed E-state index contributed by atoms with van der Waals surface area (Å²) in [6.45, 7) is 1.85. The van der Waals surface area contributed by atoms with Gasteiger partial charge in [-0.05, 0) is 55.9 Å². The van der Waals surface area contributed by atoms with Gasteiger partial charge in [-0.3, -0.25) is 10.2 Å². The SMILES string of the molecule is Cc1nc(CC(=O)NNS(=O)(=O)c2ccc3c(c2)CCCC3)cs1. The lowest BCUT2D eigenvalue weighted by Crippen LogP contribution is -2.42. The third-order valence-electron chi connectivity index (χ3n) is 3.96. The number of rotatable bonds is 5. The second kappa shape index (κ2) is 7.00. The molecule has 0 saturated heterocycles. The molecule has 1 aliphatic rings. The van der Waals surface area contributed by atoms with Crippen LogP contribution >= 0.6 is 11.3 Å². The van der Waals surface area contributed by atoms with Crippen LogP contribution in [0.4, 0.5) is 0 Å². The number of sulfonamides is 1. The molecule has 0 radical (unpaired) electrons. The van der Waals surface area contributed by atoms with Crippen molar-refractivity contribution in [2.24, 2.45) is 0 Å². The van der Waals surface area contributed by atoms with E-state index in [2.05, 4.69) is 15.2 Å². The molecule has 6 nitrogen and oxygen atoms in total. The molecule has 0 unspecified atom stereocenters. The van der Waals surface area contributed by atoms with Crippen LogP contribution in [0.1, 0.15) is 34.7 Å². The number of hydrazine groups is 1. The molecule has 3 rings (SSSR count). The maximum atomic E-state index is 12.3. The first kappa shape index (κ1) is 17.1. The number of aryl methyl sites for hydroxylation is 3. The average molecular weight is 365 g/mol. The summed E-state index contributed by atoms with van der Waals surface area (Å²) in [7, 11) is -3.78. The first-order valence-electron chi connectivity index (χ1n) is 7.77. The summed E-state index contributed by atoms with van der Waals surface area (Å²) in [4.78, 5) is 18.4. The Labute approximate surface area is 145 Å². The molecule has 128 valence electrons. The number of nitrogens with zero attached hydrogens (tertiary/aromatic N) is 1. The van der Waals surface area contributed by atoms with Crippen LogP contribution in [0.5, 0.6) is 0 Å². The number of nitrogens with one attached hydrogen (secondary N) is 2. The minimum Gasteiger partial charge on any atom is -0.277 e. The lowest BCUT2D eigenvalue weighted by molar-refractivity contribution is -0.120. The normalized spacial score (nSPS) is 14.2. The summed E-state index contributed by atoms with van der Waals surface area (Å²) in [6.07, 6.45) is 4.15. The number of fused-ring (bicyclic) bond motifs is 1. The van der Waals surface area contributed by atoms with Crippen LogP contribution in [0, 0.1) is 6.92 Å². The van der Waals surface area contributed by atoms with Gasteiger partial charge in [-0.2, -0.15) is 0 Å². The van der Waals surface area contributed by atoms with Crippen LogP contribution in [0.3, 0.4) is 0 Å². The molecule has 0 spiro atoms. The standard InChI is InChI=1S/C16H19N3O3S2/c1-11-17-14(10-23-11)9-16(20)18-19-24(21,22)15-7-6-12-4-2-3-5-13(12)8-15/h6-8,10,19H,2-5,9H2,1H3,(H,18,20). The summed E-state index contributed by atoms with van der Waals surface area (Å²) < 4.78 is 24.7. The average Bonchev–Trinajstić information content (AvgIpc) is 2.97. The van der Waals surface area contributed by atoms with Crippen molar-refractivity contribution in [3.63, 3.8) is 0 Å². The van der Waals surface area contributed by atoms with E-state index in [1.165, 1.54) is 16.9 Å². The number of benzene rings is 1. The van der Waals surface area contributed by atoms with Crippen molar-refractivity contribution in [3.05, 3.63) is 45.4 Å². The minimum atomic E-state index is -3.78. The molecule has 24 heavy (non-hydrogen) atoms. The highest BCUT2D eigenvalue weighted by atomic mass is 32.2. The van der Waals surface area contributed by atoms with Gasteiger partial charge >= 0.3 is 0 Å². The van der Waals surface area contributed by atoms with E-state index in [1.54, 1.807) is 17.5 Å². The molecule has 2 N–H and O–H groups in total. The molecular formula is C16H19N3O3S2. The number of carbonyl (C=O) groups excluding carboxylic acids is 1. The fourth-order valence-corrected chi connectivity index (χ4v) is 4.28. The summed E-state index contributed by atoms with van der Waals surface area (Å²) in [5, 5.41) is 2.65. The third kappa shape index (κ3) is 4.00. The van der Waals surface area contributed by atoms with Crippen molar-refractivity contribution in [1.29, 1.82) is 0 Å². The Kier molecular flexibility index (Phi) is 4.98. The van der Waals surface area contributed by atoms with Crippen LogP contribution in [-0.2, 0) is 34.1 Å². The minimum absolute atomic E-state index is 0.0387. The van der Waals surface area contributed by atoms with Gasteiger partial charge in [0, 0.05) is 5.38 Å². The smallest absolute Gasteiger partial charge is 0.257 e. The molecule has 1 amide bonds. The van der Waals surface area contributed by atoms with Gasteiger partial charge in [0.1, 0.15) is 0 Å². The Morgan fingerprint density at radius 1 is 1.25 bits per heavy atom. The monoisotopic (exact) mass is 365 g/mol. The lowest BCUT2D eigenvalue weighted by Gasteiger charge is -2.16. The molecule has 0 bridgehead atoms. The van der Waals surface area contributed by atoms with Crippen LogP contribution in [-0.4, -0.2) is 19.3 Å². The molecule has 2 aromatic rings. The first-order valence-corrected chi connectivity index (χ1v) is 10.1. The summed E-state index contributed by atoms with van der Waals surface area (Å²) in [5.74, 6) is -0.443. The largest absolute Gasteiger partial charge is 0.277 e. The molecule has 0 fully saturated rings. The van der Waals surface area contributed by atoms with Gasteiger partial charge in [0.2, 0.25) is 5.91 Å². The number of carbonyl (C=O) groups is 1. The zero-order chi connectivity index (χ0) is 17.2. The summed E-state index contributed by atoms with van der Waals surface area (Å²) in [6, 6.07) is 5.15. The van der Waals surface area contributed by atoms with Gasteiger partial charge in [0.25, 0.3) is 10.0 Å². The Hall–Kier alpha value is -1.77. The highest BCUT2D eigenvalue weighted by Gasteiger charge is 2.18. The van der Waals surface area contributed by atoms with E-state index in [1.807, 2.05) is 13.0 Å². The summed E-state index contributed by atoms with van der Waals surface area (Å²) in [5.41, 5.74) is 5.16. The van der Waals surface area contributed by atoms with Gasteiger partial charge in [0.15, 0.2) is 0 Å². The second-order valence-corrected chi connectivity index (χ2v) is 8.57. The number of aromatic nitrogens is 1. The highest BCUT2D eigenvalue weighted by molar-refractivity contribution is 7.89. The zero-order valence-electron chi connectivity index (χ0n) is 13.3. The Morgan fingerprint density at radius 3 is 2.71 bits per heavy atom. The molecule has 0 aliphatic heterocycles. The molecule has 1 aromatic heterocycles. The van der Waals surface area contributed by atoms with E-state index in [0.29, 0.717) is 5.69 Å². The predicted octanol–water partition coefficient (Wildman–Crippen LogP) is 1.88. The van der Waals surface area contributed by atoms with E-state index in [9.17, 15) is 13.2 Å². The fraction of sp³-hybridized carbons (Fsp3) is 0.375. The van der Waals surface area contributed by atoms with E-state index in [0.717, 1.165) is 36.3 Å². The van der Waals surface area contributed by atoms with Crippen LogP contribution in [0.2, 0.25) is 0 Å². The third-order valence-corrected chi connectivity index (χ3v) is 6.03. The van der Waals surface area contributed by atoms with E-state index >= 15 is 0 Å². The van der Waals surface area contributed by atoms with Crippen molar-refractivity contribution >= 4 is 27.3 Å². The Morgan fingerprint density at radius 2 is 2.00 bits per heavy atom. The van der Waals surface area contributed by atoms with Gasteiger partial charge in [-0.1, -0.05) is 6.07 Å². The summed E-state index contributed by atoms with van der Waals surface area (Å²) >= 11 is 1.45. The van der Waals surface area contributed by atoms with Crippen LogP contribution < -0.4 is 10.3 Å².